The van der Waals surface area contributed by atoms with Gasteiger partial charge in [-0.2, -0.15) is 0 Å². The van der Waals surface area contributed by atoms with Gasteiger partial charge in [-0.05, 0) is 25.7 Å². The number of esters is 2. The summed E-state index contributed by atoms with van der Waals surface area (Å²) in [5.74, 6) is -0.321. The molecule has 0 aromatic rings. The molecule has 114 valence electrons. The average Bonchev–Trinajstić information content (AvgIpc) is 2.68. The van der Waals surface area contributed by atoms with Crippen molar-refractivity contribution in [1.29, 1.82) is 0 Å². The lowest BCUT2D eigenvalue weighted by Crippen LogP contribution is -2.71. The molecule has 6 heteroatoms. The van der Waals surface area contributed by atoms with E-state index in [1.54, 1.807) is 0 Å². The first-order valence-electron chi connectivity index (χ1n) is 7.22. The number of halogens is 2. The molecule has 7 unspecified atom stereocenters. The smallest absolute Gasteiger partial charge is 0.334 e. The van der Waals surface area contributed by atoms with Gasteiger partial charge >= 0.3 is 11.9 Å². The number of ether oxygens (including phenoxy) is 2. The van der Waals surface area contributed by atoms with Crippen molar-refractivity contribution in [3.8, 4) is 0 Å². The SMILES string of the molecule is C=C1C(=O)OC2CC34C(=O)OC(CC3Br)C(C)(Br)C4CC12. The predicted molar refractivity (Wildman–Crippen MR) is 82.2 cm³/mol. The lowest BCUT2D eigenvalue weighted by atomic mass is 9.51. The zero-order valence-corrected chi connectivity index (χ0v) is 14.8. The molecule has 3 saturated heterocycles. The Morgan fingerprint density at radius 2 is 2.00 bits per heavy atom. The zero-order chi connectivity index (χ0) is 15.2. The second-order valence-electron chi connectivity index (χ2n) is 6.86. The topological polar surface area (TPSA) is 52.6 Å². The summed E-state index contributed by atoms with van der Waals surface area (Å²) in [5, 5.41) is 0. The molecule has 7 atom stereocenters. The monoisotopic (exact) mass is 418 g/mol. The first-order valence-corrected chi connectivity index (χ1v) is 8.93. The molecule has 2 bridgehead atoms. The van der Waals surface area contributed by atoms with Crippen LogP contribution in [0.25, 0.3) is 0 Å². The first-order chi connectivity index (χ1) is 9.78. The summed E-state index contributed by atoms with van der Waals surface area (Å²) in [7, 11) is 0. The Morgan fingerprint density at radius 1 is 1.29 bits per heavy atom. The predicted octanol–water partition coefficient (Wildman–Crippen LogP) is 2.73. The van der Waals surface area contributed by atoms with Crippen molar-refractivity contribution in [2.45, 2.75) is 47.5 Å². The van der Waals surface area contributed by atoms with E-state index in [0.29, 0.717) is 12.0 Å². The van der Waals surface area contributed by atoms with E-state index in [2.05, 4.69) is 45.4 Å². The second kappa shape index (κ2) is 4.13. The Bertz CT molecular complexity index is 572. The van der Waals surface area contributed by atoms with Gasteiger partial charge in [0.05, 0.1) is 9.74 Å². The van der Waals surface area contributed by atoms with Gasteiger partial charge < -0.3 is 9.47 Å². The van der Waals surface area contributed by atoms with Gasteiger partial charge in [-0.1, -0.05) is 38.4 Å². The number of hydrogen-bond acceptors (Lipinski definition) is 4. The third kappa shape index (κ3) is 1.56. The maximum Gasteiger partial charge on any atom is 0.334 e. The normalized spacial score (nSPS) is 54.8. The molecule has 21 heavy (non-hydrogen) atoms. The highest BCUT2D eigenvalue weighted by Gasteiger charge is 2.72. The molecule has 5 rings (SSSR count). The molecule has 2 saturated carbocycles. The van der Waals surface area contributed by atoms with Crippen molar-refractivity contribution in [1.82, 2.24) is 0 Å². The van der Waals surface area contributed by atoms with Crippen LogP contribution in [0.4, 0.5) is 0 Å². The summed E-state index contributed by atoms with van der Waals surface area (Å²) in [5.41, 5.74) is -0.0573. The van der Waals surface area contributed by atoms with E-state index >= 15 is 0 Å². The minimum Gasteiger partial charge on any atom is -0.460 e. The van der Waals surface area contributed by atoms with Crippen molar-refractivity contribution in [3.63, 3.8) is 0 Å². The first kappa shape index (κ1) is 14.2. The van der Waals surface area contributed by atoms with E-state index in [9.17, 15) is 9.59 Å². The number of fused-ring (bicyclic) bond motifs is 3. The minimum absolute atomic E-state index is 0.0249. The molecule has 3 aliphatic heterocycles. The molecular weight excluding hydrogens is 404 g/mol. The van der Waals surface area contributed by atoms with Crippen molar-refractivity contribution in [2.75, 3.05) is 0 Å². The fraction of sp³-hybridized carbons (Fsp3) is 0.733. The third-order valence-corrected chi connectivity index (χ3v) is 8.24. The van der Waals surface area contributed by atoms with Crippen molar-refractivity contribution < 1.29 is 19.1 Å². The number of alkyl halides is 2. The number of carbonyl (C=O) groups excluding carboxylic acids is 2. The van der Waals surface area contributed by atoms with Crippen LogP contribution in [-0.4, -0.2) is 33.3 Å². The fourth-order valence-corrected chi connectivity index (χ4v) is 6.69. The Hall–Kier alpha value is -0.360. The van der Waals surface area contributed by atoms with Gasteiger partial charge in [-0.3, -0.25) is 4.79 Å². The molecule has 0 aromatic carbocycles. The highest BCUT2D eigenvalue weighted by Crippen LogP contribution is 2.66. The van der Waals surface area contributed by atoms with Crippen LogP contribution in [0.1, 0.15) is 26.2 Å². The summed E-state index contributed by atoms with van der Waals surface area (Å²) >= 11 is 7.53. The van der Waals surface area contributed by atoms with Gasteiger partial charge in [-0.25, -0.2) is 4.79 Å². The fourth-order valence-electron chi connectivity index (χ4n) is 4.78. The molecule has 3 heterocycles. The van der Waals surface area contributed by atoms with E-state index in [-0.39, 0.29) is 45.1 Å². The van der Waals surface area contributed by atoms with Gasteiger partial charge in [0.2, 0.25) is 0 Å². The maximum absolute atomic E-state index is 12.6. The lowest BCUT2D eigenvalue weighted by Gasteiger charge is -2.62. The molecule has 4 nitrogen and oxygen atoms in total. The number of hydrogen-bond donors (Lipinski definition) is 0. The van der Waals surface area contributed by atoms with Crippen molar-refractivity contribution in [3.05, 3.63) is 12.2 Å². The van der Waals surface area contributed by atoms with Gasteiger partial charge in [-0.15, -0.1) is 0 Å². The Balaban J connectivity index is 1.82. The van der Waals surface area contributed by atoms with E-state index in [1.807, 2.05) is 0 Å². The third-order valence-electron chi connectivity index (χ3n) is 5.99. The van der Waals surface area contributed by atoms with Crippen LogP contribution in [-0.2, 0) is 19.1 Å². The van der Waals surface area contributed by atoms with Crippen LogP contribution in [0.2, 0.25) is 0 Å². The zero-order valence-electron chi connectivity index (χ0n) is 11.6. The largest absolute Gasteiger partial charge is 0.460 e. The van der Waals surface area contributed by atoms with Crippen LogP contribution in [0.15, 0.2) is 12.2 Å². The molecule has 0 N–H and O–H groups in total. The van der Waals surface area contributed by atoms with Crippen LogP contribution in [0, 0.1) is 17.3 Å². The number of carbonyl (C=O) groups is 2. The molecule has 2 aliphatic carbocycles. The van der Waals surface area contributed by atoms with Crippen LogP contribution >= 0.6 is 31.9 Å². The highest BCUT2D eigenvalue weighted by atomic mass is 79.9. The van der Waals surface area contributed by atoms with Gasteiger partial charge in [0.1, 0.15) is 12.2 Å². The quantitative estimate of drug-likeness (QED) is 0.344. The Labute approximate surface area is 139 Å². The Morgan fingerprint density at radius 3 is 2.67 bits per heavy atom. The van der Waals surface area contributed by atoms with E-state index < -0.39 is 5.41 Å². The molecule has 0 amide bonds. The summed E-state index contributed by atoms with van der Waals surface area (Å²) < 4.78 is 10.8. The van der Waals surface area contributed by atoms with Crippen LogP contribution in [0.3, 0.4) is 0 Å². The van der Waals surface area contributed by atoms with E-state index in [1.165, 1.54) is 0 Å². The molecule has 5 aliphatic rings. The van der Waals surface area contributed by atoms with Gasteiger partial charge in [0.15, 0.2) is 0 Å². The second-order valence-corrected chi connectivity index (χ2v) is 9.67. The minimum atomic E-state index is -0.612. The molecule has 0 radical (unpaired) electrons. The summed E-state index contributed by atoms with van der Waals surface area (Å²) in [6.45, 7) is 5.99. The van der Waals surface area contributed by atoms with Gasteiger partial charge in [0.25, 0.3) is 0 Å². The van der Waals surface area contributed by atoms with Crippen molar-refractivity contribution in [2.24, 2.45) is 17.3 Å². The summed E-state index contributed by atoms with van der Waals surface area (Å²) in [6, 6.07) is 0. The maximum atomic E-state index is 12.6. The van der Waals surface area contributed by atoms with E-state index in [4.69, 9.17) is 9.47 Å². The van der Waals surface area contributed by atoms with Crippen LogP contribution < -0.4 is 0 Å². The van der Waals surface area contributed by atoms with Crippen LogP contribution in [0.5, 0.6) is 0 Å². The molecule has 0 aromatic heterocycles. The molecule has 1 spiro atoms. The van der Waals surface area contributed by atoms with E-state index in [0.717, 1.165) is 12.8 Å². The lowest BCUT2D eigenvalue weighted by molar-refractivity contribution is -0.208. The summed E-state index contributed by atoms with van der Waals surface area (Å²) in [6.07, 6.45) is 1.67. The molecule has 5 fully saturated rings. The van der Waals surface area contributed by atoms with Crippen molar-refractivity contribution >= 4 is 43.8 Å². The van der Waals surface area contributed by atoms with Gasteiger partial charge in [0, 0.05) is 22.7 Å². The molecular formula is C15H16Br2O4. The Kier molecular flexibility index (Phi) is 2.80. The average molecular weight is 420 g/mol. The number of rotatable bonds is 0. The highest BCUT2D eigenvalue weighted by molar-refractivity contribution is 9.10. The summed E-state index contributed by atoms with van der Waals surface area (Å²) in [4.78, 5) is 24.5. The standard InChI is InChI=1S/C15H16Br2O4/c1-6-7-3-9-14(2,17)11-4-10(16)15(9,13(19)21-11)5-8(7)20-12(6)18/h7-11H,1,3-5H2,2H3.